The Morgan fingerprint density at radius 2 is 1.86 bits per heavy atom. The first-order valence-corrected chi connectivity index (χ1v) is 7.58. The summed E-state index contributed by atoms with van der Waals surface area (Å²) in [4.78, 5) is 27.2. The molecule has 5 nitrogen and oxygen atoms in total. The third kappa shape index (κ3) is 3.59. The van der Waals surface area contributed by atoms with Gasteiger partial charge in [0.25, 0.3) is 0 Å². The summed E-state index contributed by atoms with van der Waals surface area (Å²) in [7, 11) is 1.67. The summed E-state index contributed by atoms with van der Waals surface area (Å²) in [5, 5.41) is 0. The summed E-state index contributed by atoms with van der Waals surface area (Å²) in [5.74, 6) is 0.153. The molecule has 5 heteroatoms. The Morgan fingerprint density at radius 3 is 2.32 bits per heavy atom. The van der Waals surface area contributed by atoms with Crippen LogP contribution in [0.3, 0.4) is 0 Å². The van der Waals surface area contributed by atoms with Gasteiger partial charge in [0.05, 0.1) is 0 Å². The van der Waals surface area contributed by atoms with Crippen LogP contribution in [0.1, 0.15) is 40.5 Å². The highest BCUT2D eigenvalue weighted by Gasteiger charge is 2.28. The molecule has 0 saturated carbocycles. The number of amides is 2. The lowest BCUT2D eigenvalue weighted by Crippen LogP contribution is -2.34. The van der Waals surface area contributed by atoms with Gasteiger partial charge in [-0.05, 0) is 58.4 Å². The average molecular weight is 304 g/mol. The highest BCUT2D eigenvalue weighted by molar-refractivity contribution is 5.96. The van der Waals surface area contributed by atoms with E-state index in [-0.39, 0.29) is 11.9 Å². The summed E-state index contributed by atoms with van der Waals surface area (Å²) in [5.41, 5.74) is 1.08. The van der Waals surface area contributed by atoms with Gasteiger partial charge in [0.15, 0.2) is 0 Å². The summed E-state index contributed by atoms with van der Waals surface area (Å²) >= 11 is 0. The van der Waals surface area contributed by atoms with Crippen molar-refractivity contribution in [1.82, 2.24) is 0 Å². The van der Waals surface area contributed by atoms with Crippen LogP contribution >= 0.6 is 0 Å². The largest absolute Gasteiger partial charge is 0.443 e. The van der Waals surface area contributed by atoms with Crippen molar-refractivity contribution in [2.24, 2.45) is 0 Å². The first kappa shape index (κ1) is 16.3. The molecule has 22 heavy (non-hydrogen) atoms. The molecule has 120 valence electrons. The Hall–Kier alpha value is -2.04. The number of ether oxygens (including phenoxy) is 1. The van der Waals surface area contributed by atoms with Crippen LogP contribution in [0.4, 0.5) is 16.2 Å². The molecule has 0 N–H and O–H groups in total. The van der Waals surface area contributed by atoms with E-state index in [0.717, 1.165) is 17.8 Å². The molecule has 1 aliphatic heterocycles. The standard InChI is InChI=1S/C17H24N2O3/c1-12-6-11-15(20)19(12)14-9-7-13(8-10-14)18(5)16(21)22-17(2,3)4/h7-10,12H,6,11H2,1-5H3. The van der Waals surface area contributed by atoms with Gasteiger partial charge in [-0.1, -0.05) is 0 Å². The molecule has 2 amide bonds. The number of anilines is 2. The van der Waals surface area contributed by atoms with Crippen LogP contribution in [0.25, 0.3) is 0 Å². The SMILES string of the molecule is CC1CCC(=O)N1c1ccc(N(C)C(=O)OC(C)(C)C)cc1. The average Bonchev–Trinajstić information content (AvgIpc) is 2.76. The zero-order chi connectivity index (χ0) is 16.5. The summed E-state index contributed by atoms with van der Waals surface area (Å²) in [6.45, 7) is 7.55. The van der Waals surface area contributed by atoms with Crippen LogP contribution in [0.15, 0.2) is 24.3 Å². The molecular formula is C17H24N2O3. The van der Waals surface area contributed by atoms with Crippen molar-refractivity contribution in [2.45, 2.75) is 52.2 Å². The molecule has 1 aromatic carbocycles. The fraction of sp³-hybridized carbons (Fsp3) is 0.529. The maximum Gasteiger partial charge on any atom is 0.414 e. The van der Waals surface area contributed by atoms with Gasteiger partial charge in [-0.15, -0.1) is 0 Å². The van der Waals surface area contributed by atoms with E-state index in [2.05, 4.69) is 0 Å². The predicted molar refractivity (Wildman–Crippen MR) is 87.3 cm³/mol. The molecule has 0 aliphatic carbocycles. The van der Waals surface area contributed by atoms with Crippen molar-refractivity contribution >= 4 is 23.4 Å². The van der Waals surface area contributed by atoms with Crippen LogP contribution in [-0.4, -0.2) is 30.7 Å². The van der Waals surface area contributed by atoms with Crippen molar-refractivity contribution in [3.63, 3.8) is 0 Å². The van der Waals surface area contributed by atoms with Crippen LogP contribution in [0, 0.1) is 0 Å². The Morgan fingerprint density at radius 1 is 1.27 bits per heavy atom. The second kappa shape index (κ2) is 5.99. The van der Waals surface area contributed by atoms with Crippen molar-refractivity contribution in [3.05, 3.63) is 24.3 Å². The maximum atomic E-state index is 12.0. The summed E-state index contributed by atoms with van der Waals surface area (Å²) in [6.07, 6.45) is 1.09. The smallest absolute Gasteiger partial charge is 0.414 e. The highest BCUT2D eigenvalue weighted by atomic mass is 16.6. The molecule has 0 aromatic heterocycles. The van der Waals surface area contributed by atoms with E-state index in [0.29, 0.717) is 6.42 Å². The molecule has 1 saturated heterocycles. The van der Waals surface area contributed by atoms with Crippen molar-refractivity contribution < 1.29 is 14.3 Å². The van der Waals surface area contributed by atoms with E-state index in [4.69, 9.17) is 4.74 Å². The van der Waals surface area contributed by atoms with Gasteiger partial charge in [0, 0.05) is 30.9 Å². The number of carbonyl (C=O) groups excluding carboxylic acids is 2. The lowest BCUT2D eigenvalue weighted by atomic mass is 10.2. The molecule has 1 heterocycles. The van der Waals surface area contributed by atoms with Gasteiger partial charge >= 0.3 is 6.09 Å². The molecule has 2 rings (SSSR count). The van der Waals surface area contributed by atoms with Gasteiger partial charge in [0.2, 0.25) is 5.91 Å². The van der Waals surface area contributed by atoms with Gasteiger partial charge in [-0.2, -0.15) is 0 Å². The van der Waals surface area contributed by atoms with Crippen LogP contribution in [0.2, 0.25) is 0 Å². The summed E-state index contributed by atoms with van der Waals surface area (Å²) < 4.78 is 5.34. The second-order valence-corrected chi connectivity index (χ2v) is 6.71. The lowest BCUT2D eigenvalue weighted by Gasteiger charge is -2.26. The minimum Gasteiger partial charge on any atom is -0.443 e. The van der Waals surface area contributed by atoms with E-state index in [1.54, 1.807) is 7.05 Å². The Labute approximate surface area is 131 Å². The number of benzene rings is 1. The molecule has 0 spiro atoms. The van der Waals surface area contributed by atoms with E-state index in [1.165, 1.54) is 4.90 Å². The molecule has 1 atom stereocenters. The van der Waals surface area contributed by atoms with Gasteiger partial charge < -0.3 is 9.64 Å². The van der Waals surface area contributed by atoms with E-state index < -0.39 is 11.7 Å². The van der Waals surface area contributed by atoms with Crippen molar-refractivity contribution in [1.29, 1.82) is 0 Å². The molecule has 1 aromatic rings. The zero-order valence-corrected chi connectivity index (χ0v) is 13.9. The second-order valence-electron chi connectivity index (χ2n) is 6.71. The zero-order valence-electron chi connectivity index (χ0n) is 13.9. The Kier molecular flexibility index (Phi) is 4.44. The minimum absolute atomic E-state index is 0.153. The fourth-order valence-corrected chi connectivity index (χ4v) is 2.50. The number of rotatable bonds is 2. The third-order valence-electron chi connectivity index (χ3n) is 3.67. The predicted octanol–water partition coefficient (Wildman–Crippen LogP) is 3.57. The monoisotopic (exact) mass is 304 g/mol. The van der Waals surface area contributed by atoms with Crippen LogP contribution in [0.5, 0.6) is 0 Å². The third-order valence-corrected chi connectivity index (χ3v) is 3.67. The van der Waals surface area contributed by atoms with Gasteiger partial charge in [-0.3, -0.25) is 9.69 Å². The Balaban J connectivity index is 2.12. The van der Waals surface area contributed by atoms with Crippen molar-refractivity contribution in [3.8, 4) is 0 Å². The topological polar surface area (TPSA) is 49.9 Å². The highest BCUT2D eigenvalue weighted by Crippen LogP contribution is 2.28. The molecule has 1 aliphatic rings. The Bertz CT molecular complexity index is 560. The molecule has 0 radical (unpaired) electrons. The maximum absolute atomic E-state index is 12.0. The van der Waals surface area contributed by atoms with E-state index in [9.17, 15) is 9.59 Å². The van der Waals surface area contributed by atoms with Crippen LogP contribution < -0.4 is 9.80 Å². The minimum atomic E-state index is -0.525. The van der Waals surface area contributed by atoms with Gasteiger partial charge in [0.1, 0.15) is 5.60 Å². The molecular weight excluding hydrogens is 280 g/mol. The quantitative estimate of drug-likeness (QED) is 0.839. The number of hydrogen-bond donors (Lipinski definition) is 0. The van der Waals surface area contributed by atoms with Crippen molar-refractivity contribution in [2.75, 3.05) is 16.8 Å². The summed E-state index contributed by atoms with van der Waals surface area (Å²) in [6, 6.07) is 7.63. The first-order chi connectivity index (χ1) is 10.2. The van der Waals surface area contributed by atoms with E-state index >= 15 is 0 Å². The number of carbonyl (C=O) groups is 2. The number of hydrogen-bond acceptors (Lipinski definition) is 3. The normalized spacial score (nSPS) is 18.5. The molecule has 1 fully saturated rings. The molecule has 0 bridgehead atoms. The van der Waals surface area contributed by atoms with E-state index in [1.807, 2.05) is 56.9 Å². The fourth-order valence-electron chi connectivity index (χ4n) is 2.50. The first-order valence-electron chi connectivity index (χ1n) is 7.58. The number of nitrogens with zero attached hydrogens (tertiary/aromatic N) is 2. The van der Waals surface area contributed by atoms with Crippen LogP contribution in [-0.2, 0) is 9.53 Å². The lowest BCUT2D eigenvalue weighted by molar-refractivity contribution is -0.117. The molecule has 1 unspecified atom stereocenters. The van der Waals surface area contributed by atoms with Gasteiger partial charge in [-0.25, -0.2) is 4.79 Å².